The summed E-state index contributed by atoms with van der Waals surface area (Å²) in [5.41, 5.74) is 3.28. The average Bonchev–Trinajstić information content (AvgIpc) is 2.41. The van der Waals surface area contributed by atoms with Crippen molar-refractivity contribution in [1.82, 2.24) is 4.98 Å². The van der Waals surface area contributed by atoms with Gasteiger partial charge in [-0.1, -0.05) is 48.9 Å². The van der Waals surface area contributed by atoms with Gasteiger partial charge in [0.1, 0.15) is 5.15 Å². The molecule has 0 fully saturated rings. The molecule has 1 N–H and O–H groups in total. The molecular formula is C15H17ClN2. The zero-order chi connectivity index (χ0) is 13.0. The average molecular weight is 261 g/mol. The Morgan fingerprint density at radius 2 is 2.00 bits per heavy atom. The smallest absolute Gasteiger partial charge is 0.132 e. The Hall–Kier alpha value is -1.54. The minimum Gasteiger partial charge on any atom is -0.377 e. The van der Waals surface area contributed by atoms with Crippen LogP contribution in [0.1, 0.15) is 30.5 Å². The minimum absolute atomic E-state index is 0.300. The number of benzene rings is 1. The van der Waals surface area contributed by atoms with Gasteiger partial charge in [-0.05, 0) is 30.5 Å². The normalized spacial score (nSPS) is 12.2. The minimum atomic E-state index is 0.300. The molecule has 94 valence electrons. The number of rotatable bonds is 4. The Balaban J connectivity index is 2.18. The van der Waals surface area contributed by atoms with E-state index in [9.17, 15) is 0 Å². The van der Waals surface area contributed by atoms with E-state index in [0.717, 1.165) is 17.7 Å². The van der Waals surface area contributed by atoms with Crippen molar-refractivity contribution in [2.75, 3.05) is 5.32 Å². The molecule has 1 heterocycles. The van der Waals surface area contributed by atoms with Crippen LogP contribution < -0.4 is 5.32 Å². The van der Waals surface area contributed by atoms with Crippen LogP contribution in [0.15, 0.2) is 42.6 Å². The lowest BCUT2D eigenvalue weighted by Crippen LogP contribution is -2.09. The molecule has 18 heavy (non-hydrogen) atoms. The van der Waals surface area contributed by atoms with Gasteiger partial charge >= 0.3 is 0 Å². The monoisotopic (exact) mass is 260 g/mol. The first-order valence-corrected chi connectivity index (χ1v) is 6.52. The molecule has 0 saturated carbocycles. The van der Waals surface area contributed by atoms with Gasteiger partial charge in [0.25, 0.3) is 0 Å². The highest BCUT2D eigenvalue weighted by atomic mass is 35.5. The molecule has 0 radical (unpaired) electrons. The SMILES string of the molecule is CCC(Nc1cnc(Cl)c(C)c1)c1ccccc1. The maximum absolute atomic E-state index is 5.93. The summed E-state index contributed by atoms with van der Waals surface area (Å²) in [6, 6.07) is 12.8. The topological polar surface area (TPSA) is 24.9 Å². The van der Waals surface area contributed by atoms with Crippen LogP contribution >= 0.6 is 11.6 Å². The van der Waals surface area contributed by atoms with Crippen LogP contribution in [-0.2, 0) is 0 Å². The second-order valence-corrected chi connectivity index (χ2v) is 4.71. The van der Waals surface area contributed by atoms with E-state index in [0.29, 0.717) is 11.2 Å². The summed E-state index contributed by atoms with van der Waals surface area (Å²) in [4.78, 5) is 4.16. The third kappa shape index (κ3) is 3.02. The fourth-order valence-electron chi connectivity index (χ4n) is 1.94. The van der Waals surface area contributed by atoms with Crippen molar-refractivity contribution < 1.29 is 0 Å². The van der Waals surface area contributed by atoms with Crippen molar-refractivity contribution in [3.8, 4) is 0 Å². The van der Waals surface area contributed by atoms with E-state index in [2.05, 4.69) is 41.5 Å². The number of aromatic nitrogens is 1. The van der Waals surface area contributed by atoms with Gasteiger partial charge in [0.15, 0.2) is 0 Å². The molecule has 0 aliphatic carbocycles. The van der Waals surface area contributed by atoms with Crippen molar-refractivity contribution in [2.45, 2.75) is 26.3 Å². The molecule has 0 amide bonds. The maximum atomic E-state index is 5.93. The Kier molecular flexibility index (Phi) is 4.21. The number of anilines is 1. The molecule has 0 spiro atoms. The van der Waals surface area contributed by atoms with E-state index in [1.54, 1.807) is 6.20 Å². The molecule has 0 saturated heterocycles. The van der Waals surface area contributed by atoms with E-state index in [1.165, 1.54) is 5.56 Å². The predicted octanol–water partition coefficient (Wildman–Crippen LogP) is 4.61. The molecule has 2 aromatic rings. The Morgan fingerprint density at radius 1 is 1.28 bits per heavy atom. The van der Waals surface area contributed by atoms with Crippen LogP contribution in [0.3, 0.4) is 0 Å². The molecule has 0 aliphatic heterocycles. The van der Waals surface area contributed by atoms with E-state index in [4.69, 9.17) is 11.6 Å². The molecule has 1 aromatic carbocycles. The van der Waals surface area contributed by atoms with Crippen molar-refractivity contribution in [3.05, 3.63) is 58.9 Å². The molecule has 1 atom stereocenters. The van der Waals surface area contributed by atoms with Crippen LogP contribution in [0.2, 0.25) is 5.15 Å². The summed E-state index contributed by atoms with van der Waals surface area (Å²) in [5.74, 6) is 0. The third-order valence-electron chi connectivity index (χ3n) is 2.97. The van der Waals surface area contributed by atoms with E-state index in [-0.39, 0.29) is 0 Å². The number of nitrogens with zero attached hydrogens (tertiary/aromatic N) is 1. The highest BCUT2D eigenvalue weighted by molar-refractivity contribution is 6.30. The molecule has 2 nitrogen and oxygen atoms in total. The van der Waals surface area contributed by atoms with E-state index >= 15 is 0 Å². The van der Waals surface area contributed by atoms with Gasteiger partial charge in [-0.15, -0.1) is 0 Å². The van der Waals surface area contributed by atoms with Crippen molar-refractivity contribution >= 4 is 17.3 Å². The van der Waals surface area contributed by atoms with Gasteiger partial charge in [0, 0.05) is 0 Å². The van der Waals surface area contributed by atoms with Gasteiger partial charge in [-0.3, -0.25) is 0 Å². The second-order valence-electron chi connectivity index (χ2n) is 4.35. The van der Waals surface area contributed by atoms with Gasteiger partial charge in [-0.25, -0.2) is 4.98 Å². The van der Waals surface area contributed by atoms with Gasteiger partial charge in [0.05, 0.1) is 17.9 Å². The van der Waals surface area contributed by atoms with Crippen LogP contribution in [-0.4, -0.2) is 4.98 Å². The fourth-order valence-corrected chi connectivity index (χ4v) is 2.05. The van der Waals surface area contributed by atoms with Gasteiger partial charge in [-0.2, -0.15) is 0 Å². The Bertz CT molecular complexity index is 511. The second kappa shape index (κ2) is 5.87. The summed E-state index contributed by atoms with van der Waals surface area (Å²) < 4.78 is 0. The first-order valence-electron chi connectivity index (χ1n) is 6.14. The van der Waals surface area contributed by atoms with Crippen molar-refractivity contribution in [3.63, 3.8) is 0 Å². The van der Waals surface area contributed by atoms with Gasteiger partial charge in [0.2, 0.25) is 0 Å². The largest absolute Gasteiger partial charge is 0.377 e. The van der Waals surface area contributed by atoms with Crippen LogP contribution in [0.4, 0.5) is 5.69 Å². The summed E-state index contributed by atoms with van der Waals surface area (Å²) in [5, 5.41) is 4.06. The summed E-state index contributed by atoms with van der Waals surface area (Å²) in [6.07, 6.45) is 2.80. The number of halogens is 1. The summed E-state index contributed by atoms with van der Waals surface area (Å²) >= 11 is 5.93. The number of nitrogens with one attached hydrogen (secondary N) is 1. The number of aryl methyl sites for hydroxylation is 1. The molecule has 1 unspecified atom stereocenters. The van der Waals surface area contributed by atoms with Crippen molar-refractivity contribution in [1.29, 1.82) is 0 Å². The Morgan fingerprint density at radius 3 is 2.61 bits per heavy atom. The first kappa shape index (κ1) is 12.9. The van der Waals surface area contributed by atoms with Crippen molar-refractivity contribution in [2.24, 2.45) is 0 Å². The zero-order valence-electron chi connectivity index (χ0n) is 10.7. The lowest BCUT2D eigenvalue weighted by atomic mass is 10.0. The molecule has 3 heteroatoms. The molecular weight excluding hydrogens is 244 g/mol. The van der Waals surface area contributed by atoms with Crippen LogP contribution in [0.5, 0.6) is 0 Å². The molecule has 0 aliphatic rings. The first-order chi connectivity index (χ1) is 8.70. The highest BCUT2D eigenvalue weighted by Gasteiger charge is 2.09. The lowest BCUT2D eigenvalue weighted by molar-refractivity contribution is 0.748. The van der Waals surface area contributed by atoms with E-state index in [1.807, 2.05) is 19.1 Å². The number of hydrogen-bond donors (Lipinski definition) is 1. The quantitative estimate of drug-likeness (QED) is 0.813. The van der Waals surface area contributed by atoms with Crippen LogP contribution in [0.25, 0.3) is 0 Å². The van der Waals surface area contributed by atoms with Crippen LogP contribution in [0, 0.1) is 6.92 Å². The lowest BCUT2D eigenvalue weighted by Gasteiger charge is -2.19. The van der Waals surface area contributed by atoms with E-state index < -0.39 is 0 Å². The van der Waals surface area contributed by atoms with Gasteiger partial charge < -0.3 is 5.32 Å². The number of pyridine rings is 1. The zero-order valence-corrected chi connectivity index (χ0v) is 11.4. The Labute approximate surface area is 113 Å². The molecule has 2 rings (SSSR count). The third-order valence-corrected chi connectivity index (χ3v) is 3.36. The highest BCUT2D eigenvalue weighted by Crippen LogP contribution is 2.23. The number of hydrogen-bond acceptors (Lipinski definition) is 2. The standard InChI is InChI=1S/C15H17ClN2/c1-3-14(12-7-5-4-6-8-12)18-13-9-11(2)15(16)17-10-13/h4-10,14,18H,3H2,1-2H3. The fraction of sp³-hybridized carbons (Fsp3) is 0.267. The maximum Gasteiger partial charge on any atom is 0.132 e. The molecule has 0 bridgehead atoms. The summed E-state index contributed by atoms with van der Waals surface area (Å²) in [6.45, 7) is 4.13. The predicted molar refractivity (Wildman–Crippen MR) is 77.1 cm³/mol. The summed E-state index contributed by atoms with van der Waals surface area (Å²) in [7, 11) is 0. The molecule has 1 aromatic heterocycles.